The van der Waals surface area contributed by atoms with Crippen LogP contribution in [-0.4, -0.2) is 35.2 Å². The fourth-order valence-electron chi connectivity index (χ4n) is 1.51. The summed E-state index contributed by atoms with van der Waals surface area (Å²) in [5, 5.41) is 6.32. The van der Waals surface area contributed by atoms with Gasteiger partial charge < -0.3 is 5.73 Å². The zero-order chi connectivity index (χ0) is 10.2. The van der Waals surface area contributed by atoms with Crippen LogP contribution < -0.4 is 5.73 Å². The SMILES string of the molecule is Nc1[nH]ncc1CN1CCCS1(=O)=O. The second-order valence-corrected chi connectivity index (χ2v) is 5.40. The van der Waals surface area contributed by atoms with E-state index in [2.05, 4.69) is 10.2 Å². The molecule has 0 radical (unpaired) electrons. The van der Waals surface area contributed by atoms with Crippen molar-refractivity contribution in [1.29, 1.82) is 0 Å². The summed E-state index contributed by atoms with van der Waals surface area (Å²) in [6.07, 6.45) is 2.25. The average molecular weight is 216 g/mol. The Morgan fingerprint density at radius 2 is 2.43 bits per heavy atom. The number of H-pyrrole nitrogens is 1. The van der Waals surface area contributed by atoms with Crippen LogP contribution in [0.2, 0.25) is 0 Å². The van der Waals surface area contributed by atoms with Crippen LogP contribution in [0.5, 0.6) is 0 Å². The number of anilines is 1. The number of nitrogens with one attached hydrogen (secondary N) is 1. The van der Waals surface area contributed by atoms with E-state index in [1.807, 2.05) is 0 Å². The molecule has 0 aliphatic carbocycles. The largest absolute Gasteiger partial charge is 0.384 e. The van der Waals surface area contributed by atoms with Gasteiger partial charge in [-0.15, -0.1) is 0 Å². The maximum Gasteiger partial charge on any atom is 0.214 e. The van der Waals surface area contributed by atoms with Gasteiger partial charge in [-0.05, 0) is 6.42 Å². The van der Waals surface area contributed by atoms with Crippen molar-refractivity contribution in [1.82, 2.24) is 14.5 Å². The third kappa shape index (κ3) is 1.60. The normalized spacial score (nSPS) is 21.4. The van der Waals surface area contributed by atoms with Crippen LogP contribution in [0.15, 0.2) is 6.20 Å². The number of nitrogens with two attached hydrogens (primary N) is 1. The zero-order valence-corrected chi connectivity index (χ0v) is 8.42. The van der Waals surface area contributed by atoms with Crippen LogP contribution in [0.25, 0.3) is 0 Å². The number of nitrogen functional groups attached to an aromatic ring is 1. The number of aromatic nitrogens is 2. The smallest absolute Gasteiger partial charge is 0.214 e. The minimum absolute atomic E-state index is 0.241. The highest BCUT2D eigenvalue weighted by Crippen LogP contribution is 2.18. The lowest BCUT2D eigenvalue weighted by Crippen LogP contribution is -2.25. The first kappa shape index (κ1) is 9.47. The van der Waals surface area contributed by atoms with Crippen molar-refractivity contribution in [2.45, 2.75) is 13.0 Å². The highest BCUT2D eigenvalue weighted by molar-refractivity contribution is 7.89. The molecule has 1 aliphatic rings. The molecule has 0 spiro atoms. The molecule has 1 aromatic rings. The summed E-state index contributed by atoms with van der Waals surface area (Å²) < 4.78 is 24.3. The molecule has 0 unspecified atom stereocenters. The molecule has 1 aromatic heterocycles. The summed E-state index contributed by atoms with van der Waals surface area (Å²) in [5.41, 5.74) is 6.30. The van der Waals surface area contributed by atoms with Gasteiger partial charge in [0.05, 0.1) is 11.9 Å². The first-order valence-corrected chi connectivity index (χ1v) is 5.96. The zero-order valence-electron chi connectivity index (χ0n) is 7.60. The molecule has 2 rings (SSSR count). The number of rotatable bonds is 2. The van der Waals surface area contributed by atoms with Crippen LogP contribution in [0.4, 0.5) is 5.82 Å². The Kier molecular flexibility index (Phi) is 2.20. The third-order valence-electron chi connectivity index (χ3n) is 2.30. The van der Waals surface area contributed by atoms with Crippen LogP contribution in [-0.2, 0) is 16.6 Å². The molecule has 14 heavy (non-hydrogen) atoms. The second-order valence-electron chi connectivity index (χ2n) is 3.31. The van der Waals surface area contributed by atoms with Gasteiger partial charge in [0, 0.05) is 18.7 Å². The van der Waals surface area contributed by atoms with Crippen LogP contribution in [0.1, 0.15) is 12.0 Å². The average Bonchev–Trinajstić information content (AvgIpc) is 2.62. The summed E-state index contributed by atoms with van der Waals surface area (Å²) in [7, 11) is -3.04. The van der Waals surface area contributed by atoms with E-state index in [4.69, 9.17) is 5.73 Å². The van der Waals surface area contributed by atoms with E-state index in [1.165, 1.54) is 4.31 Å². The van der Waals surface area contributed by atoms with Crippen molar-refractivity contribution in [2.24, 2.45) is 0 Å². The van der Waals surface area contributed by atoms with E-state index in [9.17, 15) is 8.42 Å². The van der Waals surface area contributed by atoms with E-state index in [0.29, 0.717) is 25.3 Å². The number of aromatic amines is 1. The number of hydrogen-bond donors (Lipinski definition) is 2. The van der Waals surface area contributed by atoms with Crippen molar-refractivity contribution in [3.05, 3.63) is 11.8 Å². The molecule has 1 aliphatic heterocycles. The third-order valence-corrected chi connectivity index (χ3v) is 4.20. The monoisotopic (exact) mass is 216 g/mol. The molecule has 0 amide bonds. The van der Waals surface area contributed by atoms with E-state index in [0.717, 1.165) is 5.56 Å². The van der Waals surface area contributed by atoms with Gasteiger partial charge in [0.25, 0.3) is 0 Å². The lowest BCUT2D eigenvalue weighted by molar-refractivity contribution is 0.440. The molecule has 1 fully saturated rings. The molecular weight excluding hydrogens is 204 g/mol. The Balaban J connectivity index is 2.16. The van der Waals surface area contributed by atoms with Crippen LogP contribution in [0, 0.1) is 0 Å². The summed E-state index contributed by atoms with van der Waals surface area (Å²) >= 11 is 0. The van der Waals surface area contributed by atoms with Gasteiger partial charge in [-0.1, -0.05) is 0 Å². The predicted molar refractivity (Wildman–Crippen MR) is 51.8 cm³/mol. The maximum atomic E-state index is 11.5. The fourth-order valence-corrected chi connectivity index (χ4v) is 3.00. The van der Waals surface area contributed by atoms with Crippen molar-refractivity contribution in [2.75, 3.05) is 18.0 Å². The highest BCUT2D eigenvalue weighted by Gasteiger charge is 2.28. The molecule has 7 heteroatoms. The van der Waals surface area contributed by atoms with Crippen molar-refractivity contribution in [3.63, 3.8) is 0 Å². The Bertz CT molecular complexity index is 425. The minimum atomic E-state index is -3.04. The minimum Gasteiger partial charge on any atom is -0.384 e. The van der Waals surface area contributed by atoms with Gasteiger partial charge in [-0.3, -0.25) is 5.10 Å². The summed E-state index contributed by atoms with van der Waals surface area (Å²) in [6.45, 7) is 0.900. The first-order chi connectivity index (χ1) is 6.59. The van der Waals surface area contributed by atoms with E-state index >= 15 is 0 Å². The molecule has 6 nitrogen and oxygen atoms in total. The Morgan fingerprint density at radius 3 is 2.93 bits per heavy atom. The first-order valence-electron chi connectivity index (χ1n) is 4.35. The summed E-state index contributed by atoms with van der Waals surface area (Å²) in [5.74, 6) is 0.678. The van der Waals surface area contributed by atoms with Gasteiger partial charge in [0.1, 0.15) is 5.82 Å². The van der Waals surface area contributed by atoms with Gasteiger partial charge in [-0.25, -0.2) is 8.42 Å². The molecule has 78 valence electrons. The summed E-state index contributed by atoms with van der Waals surface area (Å²) in [4.78, 5) is 0. The second kappa shape index (κ2) is 3.25. The molecular formula is C7H12N4O2S. The Morgan fingerprint density at radius 1 is 1.64 bits per heavy atom. The van der Waals surface area contributed by atoms with Crippen LogP contribution >= 0.6 is 0 Å². The molecule has 0 saturated carbocycles. The molecule has 0 aromatic carbocycles. The lowest BCUT2D eigenvalue weighted by Gasteiger charge is -2.12. The molecule has 2 heterocycles. The Labute approximate surface area is 82.1 Å². The van der Waals surface area contributed by atoms with Gasteiger partial charge in [0.15, 0.2) is 0 Å². The topological polar surface area (TPSA) is 92.1 Å². The van der Waals surface area contributed by atoms with E-state index in [1.54, 1.807) is 6.20 Å². The highest BCUT2D eigenvalue weighted by atomic mass is 32.2. The van der Waals surface area contributed by atoms with Crippen LogP contribution in [0.3, 0.4) is 0 Å². The van der Waals surface area contributed by atoms with Crippen molar-refractivity contribution in [3.8, 4) is 0 Å². The molecule has 0 atom stereocenters. The number of nitrogens with zero attached hydrogens (tertiary/aromatic N) is 2. The number of hydrogen-bond acceptors (Lipinski definition) is 4. The van der Waals surface area contributed by atoms with Gasteiger partial charge >= 0.3 is 0 Å². The predicted octanol–water partition coefficient (Wildman–Crippen LogP) is -0.473. The molecule has 1 saturated heterocycles. The quantitative estimate of drug-likeness (QED) is 0.699. The van der Waals surface area contributed by atoms with Crippen molar-refractivity contribution < 1.29 is 8.42 Å². The molecule has 3 N–H and O–H groups in total. The standard InChI is InChI=1S/C7H12N4O2S/c8-7-6(4-9-10-7)5-11-2-1-3-14(11,12)13/h4H,1-3,5H2,(H3,8,9,10). The maximum absolute atomic E-state index is 11.5. The molecule has 0 bridgehead atoms. The summed E-state index contributed by atoms with van der Waals surface area (Å²) in [6, 6.07) is 0. The van der Waals surface area contributed by atoms with Crippen molar-refractivity contribution >= 4 is 15.8 Å². The lowest BCUT2D eigenvalue weighted by atomic mass is 10.3. The Hall–Kier alpha value is -1.08. The number of sulfonamides is 1. The van der Waals surface area contributed by atoms with Gasteiger partial charge in [0.2, 0.25) is 10.0 Å². The van der Waals surface area contributed by atoms with E-state index < -0.39 is 10.0 Å². The van der Waals surface area contributed by atoms with E-state index in [-0.39, 0.29) is 5.75 Å². The fraction of sp³-hybridized carbons (Fsp3) is 0.571. The van der Waals surface area contributed by atoms with Gasteiger partial charge in [-0.2, -0.15) is 9.40 Å².